The summed E-state index contributed by atoms with van der Waals surface area (Å²) in [5, 5.41) is 4.06. The largest absolute Gasteiger partial charge is 0.366 e. The SMILES string of the molecule is Cn1cnc2c(-n3nc(N)nc3Br)nccc21. The second kappa shape index (κ2) is 3.52. The van der Waals surface area contributed by atoms with Gasteiger partial charge in [-0.3, -0.25) is 0 Å². The zero-order valence-corrected chi connectivity index (χ0v) is 10.5. The molecule has 0 aliphatic carbocycles. The lowest BCUT2D eigenvalue weighted by molar-refractivity contribution is 0.834. The fourth-order valence-corrected chi connectivity index (χ4v) is 2.07. The summed E-state index contributed by atoms with van der Waals surface area (Å²) in [6.07, 6.45) is 3.42. The number of fused-ring (bicyclic) bond motifs is 1. The fraction of sp³-hybridized carbons (Fsp3) is 0.111. The molecule has 0 radical (unpaired) electrons. The van der Waals surface area contributed by atoms with Gasteiger partial charge in [-0.25, -0.2) is 9.97 Å². The van der Waals surface area contributed by atoms with Crippen molar-refractivity contribution in [3.8, 4) is 5.82 Å². The molecular formula is C9H8BrN7. The van der Waals surface area contributed by atoms with Crippen LogP contribution in [-0.2, 0) is 7.05 Å². The third kappa shape index (κ3) is 1.48. The molecule has 0 aromatic carbocycles. The van der Waals surface area contributed by atoms with Crippen LogP contribution in [0.4, 0.5) is 5.95 Å². The lowest BCUT2D eigenvalue weighted by Crippen LogP contribution is -2.02. The van der Waals surface area contributed by atoms with Gasteiger partial charge in [-0.2, -0.15) is 9.67 Å². The Morgan fingerprint density at radius 2 is 2.18 bits per heavy atom. The first kappa shape index (κ1) is 10.2. The lowest BCUT2D eigenvalue weighted by Gasteiger charge is -2.01. The van der Waals surface area contributed by atoms with Gasteiger partial charge in [0.05, 0.1) is 11.8 Å². The van der Waals surface area contributed by atoms with E-state index in [1.165, 1.54) is 4.68 Å². The van der Waals surface area contributed by atoms with E-state index in [1.807, 2.05) is 17.7 Å². The smallest absolute Gasteiger partial charge is 0.240 e. The minimum absolute atomic E-state index is 0.187. The highest BCUT2D eigenvalue weighted by molar-refractivity contribution is 9.10. The van der Waals surface area contributed by atoms with Crippen LogP contribution in [-0.4, -0.2) is 29.3 Å². The van der Waals surface area contributed by atoms with E-state index in [0.29, 0.717) is 10.6 Å². The summed E-state index contributed by atoms with van der Waals surface area (Å²) in [6, 6.07) is 1.89. The molecule has 7 nitrogen and oxygen atoms in total. The molecule has 8 heteroatoms. The first-order valence-corrected chi connectivity index (χ1v) is 5.60. The Balaban J connectivity index is 2.34. The van der Waals surface area contributed by atoms with Gasteiger partial charge in [0.25, 0.3) is 0 Å². The van der Waals surface area contributed by atoms with Gasteiger partial charge < -0.3 is 10.3 Å². The molecule has 0 saturated heterocycles. The second-order valence-corrected chi connectivity index (χ2v) is 4.22. The Morgan fingerprint density at radius 3 is 2.88 bits per heavy atom. The summed E-state index contributed by atoms with van der Waals surface area (Å²) >= 11 is 3.28. The normalized spacial score (nSPS) is 11.2. The summed E-state index contributed by atoms with van der Waals surface area (Å²) in [5.74, 6) is 0.783. The number of aryl methyl sites for hydroxylation is 1. The van der Waals surface area contributed by atoms with Crippen molar-refractivity contribution < 1.29 is 0 Å². The summed E-state index contributed by atoms with van der Waals surface area (Å²) in [7, 11) is 1.92. The van der Waals surface area contributed by atoms with Gasteiger partial charge in [0.15, 0.2) is 5.82 Å². The quantitative estimate of drug-likeness (QED) is 0.720. The molecular weight excluding hydrogens is 286 g/mol. The van der Waals surface area contributed by atoms with Crippen molar-refractivity contribution in [3.63, 3.8) is 0 Å². The molecule has 0 aliphatic heterocycles. The van der Waals surface area contributed by atoms with E-state index in [0.717, 1.165) is 11.0 Å². The van der Waals surface area contributed by atoms with Gasteiger partial charge in [0, 0.05) is 13.2 Å². The Kier molecular flexibility index (Phi) is 2.11. The number of nitrogens with zero attached hydrogens (tertiary/aromatic N) is 6. The van der Waals surface area contributed by atoms with E-state index in [-0.39, 0.29) is 5.95 Å². The van der Waals surface area contributed by atoms with Crippen LogP contribution in [0, 0.1) is 0 Å². The number of hydrogen-bond donors (Lipinski definition) is 1. The Bertz CT molecular complexity index is 699. The highest BCUT2D eigenvalue weighted by Crippen LogP contribution is 2.20. The number of nitrogens with two attached hydrogens (primary N) is 1. The molecule has 0 spiro atoms. The Morgan fingerprint density at radius 1 is 1.35 bits per heavy atom. The number of rotatable bonds is 1. The van der Waals surface area contributed by atoms with Gasteiger partial charge in [-0.15, -0.1) is 5.10 Å². The molecule has 0 saturated carbocycles. The second-order valence-electron chi connectivity index (χ2n) is 3.51. The third-order valence-corrected chi connectivity index (χ3v) is 2.92. The highest BCUT2D eigenvalue weighted by Gasteiger charge is 2.13. The topological polar surface area (TPSA) is 87.4 Å². The maximum absolute atomic E-state index is 5.54. The van der Waals surface area contributed by atoms with Crippen LogP contribution in [0.1, 0.15) is 0 Å². The zero-order valence-electron chi connectivity index (χ0n) is 8.87. The van der Waals surface area contributed by atoms with Crippen molar-refractivity contribution in [2.45, 2.75) is 0 Å². The molecule has 0 unspecified atom stereocenters. The maximum Gasteiger partial charge on any atom is 0.240 e. The van der Waals surface area contributed by atoms with Crippen molar-refractivity contribution in [2.75, 3.05) is 5.73 Å². The Hall–Kier alpha value is -1.96. The number of imidazole rings is 1. The van der Waals surface area contributed by atoms with Crippen molar-refractivity contribution in [3.05, 3.63) is 23.3 Å². The van der Waals surface area contributed by atoms with Crippen molar-refractivity contribution in [2.24, 2.45) is 7.05 Å². The standard InChI is InChI=1S/C9H8BrN7/c1-16-4-13-6-5(16)2-3-12-7(6)17-8(10)14-9(11)15-17/h2-4H,1H3,(H2,11,15). The monoisotopic (exact) mass is 293 g/mol. The van der Waals surface area contributed by atoms with E-state index >= 15 is 0 Å². The van der Waals surface area contributed by atoms with Crippen molar-refractivity contribution in [1.29, 1.82) is 0 Å². The van der Waals surface area contributed by atoms with Crippen LogP contribution in [0.15, 0.2) is 23.3 Å². The van der Waals surface area contributed by atoms with Crippen LogP contribution >= 0.6 is 15.9 Å². The van der Waals surface area contributed by atoms with E-state index < -0.39 is 0 Å². The molecule has 3 aromatic rings. The summed E-state index contributed by atoms with van der Waals surface area (Å²) in [4.78, 5) is 12.5. The third-order valence-electron chi connectivity index (χ3n) is 2.41. The number of halogens is 1. The lowest BCUT2D eigenvalue weighted by atomic mass is 10.4. The number of nitrogen functional groups attached to an aromatic ring is 1. The van der Waals surface area contributed by atoms with E-state index in [1.54, 1.807) is 12.5 Å². The van der Waals surface area contributed by atoms with Gasteiger partial charge in [0.2, 0.25) is 10.7 Å². The molecule has 86 valence electrons. The van der Waals surface area contributed by atoms with Gasteiger partial charge in [-0.05, 0) is 22.0 Å². The molecule has 0 fully saturated rings. The summed E-state index contributed by atoms with van der Waals surface area (Å²) < 4.78 is 3.93. The van der Waals surface area contributed by atoms with Crippen LogP contribution in [0.5, 0.6) is 0 Å². The number of anilines is 1. The number of hydrogen-bond acceptors (Lipinski definition) is 5. The molecule has 0 atom stereocenters. The minimum Gasteiger partial charge on any atom is -0.366 e. The first-order chi connectivity index (χ1) is 8.16. The van der Waals surface area contributed by atoms with Gasteiger partial charge >= 0.3 is 0 Å². The average Bonchev–Trinajstić information content (AvgIpc) is 2.83. The number of pyridine rings is 1. The maximum atomic E-state index is 5.54. The summed E-state index contributed by atoms with van der Waals surface area (Å²) in [5.41, 5.74) is 7.26. The minimum atomic E-state index is 0.187. The summed E-state index contributed by atoms with van der Waals surface area (Å²) in [6.45, 7) is 0. The number of aromatic nitrogens is 6. The molecule has 0 aliphatic rings. The van der Waals surface area contributed by atoms with E-state index in [4.69, 9.17) is 5.73 Å². The molecule has 2 N–H and O–H groups in total. The van der Waals surface area contributed by atoms with Crippen molar-refractivity contribution in [1.82, 2.24) is 29.3 Å². The van der Waals surface area contributed by atoms with Crippen LogP contribution < -0.4 is 5.73 Å². The van der Waals surface area contributed by atoms with Crippen LogP contribution in [0.3, 0.4) is 0 Å². The van der Waals surface area contributed by atoms with E-state index in [9.17, 15) is 0 Å². The molecule has 0 bridgehead atoms. The van der Waals surface area contributed by atoms with Gasteiger partial charge in [0.1, 0.15) is 5.52 Å². The van der Waals surface area contributed by atoms with Crippen molar-refractivity contribution >= 4 is 32.9 Å². The molecule has 0 amide bonds. The van der Waals surface area contributed by atoms with Crippen LogP contribution in [0.2, 0.25) is 0 Å². The van der Waals surface area contributed by atoms with Gasteiger partial charge in [-0.1, -0.05) is 0 Å². The fourth-order valence-electron chi connectivity index (χ4n) is 1.65. The predicted molar refractivity (Wildman–Crippen MR) is 65.5 cm³/mol. The molecule has 3 heterocycles. The molecule has 17 heavy (non-hydrogen) atoms. The van der Waals surface area contributed by atoms with Crippen LogP contribution in [0.25, 0.3) is 16.9 Å². The molecule has 3 rings (SSSR count). The highest BCUT2D eigenvalue weighted by atomic mass is 79.9. The Labute approximate surface area is 104 Å². The van der Waals surface area contributed by atoms with E-state index in [2.05, 4.69) is 36.0 Å². The predicted octanol–water partition coefficient (Wildman–Crippen LogP) is 0.894. The average molecular weight is 294 g/mol. The first-order valence-electron chi connectivity index (χ1n) is 4.81. The zero-order chi connectivity index (χ0) is 12.0. The molecule has 3 aromatic heterocycles.